The molecule has 3 heterocycles. The van der Waals surface area contributed by atoms with Crippen LogP contribution in [0.25, 0.3) is 21.8 Å². The maximum absolute atomic E-state index is 13.0. The molecule has 0 saturated carbocycles. The average Bonchev–Trinajstić information content (AvgIpc) is 3.41. The second kappa shape index (κ2) is 8.60. The smallest absolute Gasteiger partial charge is 0.267 e. The molecular formula is C21H19N5O2S2. The fourth-order valence-corrected chi connectivity index (χ4v) is 4.52. The lowest BCUT2D eigenvalue weighted by molar-refractivity contribution is 0.102. The molecule has 30 heavy (non-hydrogen) atoms. The fourth-order valence-electron chi connectivity index (χ4n) is 2.89. The predicted molar refractivity (Wildman–Crippen MR) is 122 cm³/mol. The molecule has 0 fully saturated rings. The molecule has 0 radical (unpaired) electrons. The van der Waals surface area contributed by atoms with Gasteiger partial charge in [-0.25, -0.2) is 9.97 Å². The highest BCUT2D eigenvalue weighted by Gasteiger charge is 2.18. The summed E-state index contributed by atoms with van der Waals surface area (Å²) < 4.78 is 5.44. The first-order valence-corrected chi connectivity index (χ1v) is 10.8. The number of hydrogen-bond donors (Lipinski definition) is 2. The number of nitrogens with one attached hydrogen (secondary N) is 2. The van der Waals surface area contributed by atoms with E-state index in [2.05, 4.69) is 25.6 Å². The minimum atomic E-state index is -0.232. The Labute approximate surface area is 181 Å². The molecule has 9 heteroatoms. The van der Waals surface area contributed by atoms with Gasteiger partial charge in [0.15, 0.2) is 5.13 Å². The molecule has 3 aromatic heterocycles. The third-order valence-corrected chi connectivity index (χ3v) is 6.44. The van der Waals surface area contributed by atoms with Gasteiger partial charge in [-0.3, -0.25) is 9.78 Å². The second-order valence-corrected chi connectivity index (χ2v) is 8.19. The quantitative estimate of drug-likeness (QED) is 0.444. The van der Waals surface area contributed by atoms with E-state index in [1.165, 1.54) is 22.7 Å². The number of carbonyl (C=O) groups excluding carboxylic acids is 1. The number of pyridine rings is 1. The van der Waals surface area contributed by atoms with Crippen LogP contribution in [0.3, 0.4) is 0 Å². The van der Waals surface area contributed by atoms with Crippen LogP contribution in [0.1, 0.15) is 15.4 Å². The van der Waals surface area contributed by atoms with Crippen molar-refractivity contribution in [3.8, 4) is 27.6 Å². The largest absolute Gasteiger partial charge is 0.495 e. The van der Waals surface area contributed by atoms with Crippen LogP contribution in [-0.2, 0) is 0 Å². The molecule has 1 aromatic carbocycles. The molecule has 0 spiro atoms. The highest BCUT2D eigenvalue weighted by molar-refractivity contribution is 7.17. The zero-order valence-corrected chi connectivity index (χ0v) is 18.2. The van der Waals surface area contributed by atoms with Crippen LogP contribution in [0.15, 0.2) is 48.1 Å². The Balaban J connectivity index is 1.63. The van der Waals surface area contributed by atoms with Gasteiger partial charge in [0, 0.05) is 35.9 Å². The Morgan fingerprint density at radius 1 is 1.17 bits per heavy atom. The molecule has 0 unspecified atom stereocenters. The zero-order chi connectivity index (χ0) is 21.1. The van der Waals surface area contributed by atoms with E-state index in [4.69, 9.17) is 4.74 Å². The summed E-state index contributed by atoms with van der Waals surface area (Å²) in [5, 5.41) is 9.55. The van der Waals surface area contributed by atoms with Crippen LogP contribution in [0.5, 0.6) is 5.75 Å². The van der Waals surface area contributed by atoms with Crippen molar-refractivity contribution in [1.29, 1.82) is 0 Å². The lowest BCUT2D eigenvalue weighted by Gasteiger charge is -2.11. The minimum absolute atomic E-state index is 0.232. The van der Waals surface area contributed by atoms with Gasteiger partial charge in [0.1, 0.15) is 15.6 Å². The first kappa shape index (κ1) is 20.0. The van der Waals surface area contributed by atoms with E-state index < -0.39 is 0 Å². The second-order valence-electron chi connectivity index (χ2n) is 6.33. The lowest BCUT2D eigenvalue weighted by atomic mass is 10.1. The predicted octanol–water partition coefficient (Wildman–Crippen LogP) is 4.94. The van der Waals surface area contributed by atoms with Crippen molar-refractivity contribution in [2.45, 2.75) is 6.92 Å². The number of carbonyl (C=O) groups is 1. The Kier molecular flexibility index (Phi) is 5.73. The van der Waals surface area contributed by atoms with E-state index >= 15 is 0 Å². The summed E-state index contributed by atoms with van der Waals surface area (Å²) in [5.74, 6) is 0.343. The van der Waals surface area contributed by atoms with E-state index in [-0.39, 0.29) is 5.91 Å². The summed E-state index contributed by atoms with van der Waals surface area (Å²) >= 11 is 2.86. The zero-order valence-electron chi connectivity index (χ0n) is 16.6. The highest BCUT2D eigenvalue weighted by Crippen LogP contribution is 2.33. The van der Waals surface area contributed by atoms with Crippen molar-refractivity contribution in [3.63, 3.8) is 0 Å². The van der Waals surface area contributed by atoms with Gasteiger partial charge in [-0.2, -0.15) is 0 Å². The van der Waals surface area contributed by atoms with Crippen molar-refractivity contribution in [1.82, 2.24) is 15.0 Å². The summed E-state index contributed by atoms with van der Waals surface area (Å²) in [6, 6.07) is 9.38. The molecule has 1 amide bonds. The van der Waals surface area contributed by atoms with Crippen LogP contribution in [0.2, 0.25) is 0 Å². The molecule has 0 atom stereocenters. The number of benzene rings is 1. The number of thiazole rings is 2. The maximum Gasteiger partial charge on any atom is 0.267 e. The van der Waals surface area contributed by atoms with Crippen LogP contribution in [-0.4, -0.2) is 35.0 Å². The number of aromatic nitrogens is 3. The van der Waals surface area contributed by atoms with Gasteiger partial charge in [0.05, 0.1) is 24.2 Å². The number of rotatable bonds is 6. The van der Waals surface area contributed by atoms with Crippen molar-refractivity contribution in [2.24, 2.45) is 0 Å². The van der Waals surface area contributed by atoms with Crippen LogP contribution >= 0.6 is 22.7 Å². The summed E-state index contributed by atoms with van der Waals surface area (Å²) in [6.07, 6.45) is 3.44. The number of hydrogen-bond acceptors (Lipinski definition) is 8. The Morgan fingerprint density at radius 3 is 2.73 bits per heavy atom. The Bertz CT molecular complexity index is 1190. The lowest BCUT2D eigenvalue weighted by Crippen LogP contribution is -2.12. The fraction of sp³-hybridized carbons (Fsp3) is 0.143. The van der Waals surface area contributed by atoms with Crippen LogP contribution < -0.4 is 15.4 Å². The van der Waals surface area contributed by atoms with E-state index in [0.29, 0.717) is 22.0 Å². The van der Waals surface area contributed by atoms with E-state index in [9.17, 15) is 4.79 Å². The van der Waals surface area contributed by atoms with Gasteiger partial charge in [0.25, 0.3) is 5.91 Å². The van der Waals surface area contributed by atoms with Crippen LogP contribution in [0.4, 0.5) is 10.8 Å². The minimum Gasteiger partial charge on any atom is -0.495 e. The van der Waals surface area contributed by atoms with Gasteiger partial charge < -0.3 is 15.4 Å². The average molecular weight is 438 g/mol. The maximum atomic E-state index is 13.0. The normalized spacial score (nSPS) is 10.6. The topological polar surface area (TPSA) is 89.0 Å². The molecule has 2 N–H and O–H groups in total. The third-order valence-electron chi connectivity index (χ3n) is 4.37. The van der Waals surface area contributed by atoms with E-state index in [0.717, 1.165) is 27.0 Å². The Hall–Kier alpha value is -3.30. The van der Waals surface area contributed by atoms with Gasteiger partial charge >= 0.3 is 0 Å². The number of aryl methyl sites for hydroxylation is 1. The third kappa shape index (κ3) is 4.03. The van der Waals surface area contributed by atoms with Crippen molar-refractivity contribution in [3.05, 3.63) is 58.7 Å². The molecular weight excluding hydrogens is 418 g/mol. The van der Waals surface area contributed by atoms with Gasteiger partial charge in [-0.1, -0.05) is 0 Å². The SMILES string of the molecule is CNc1nc(-c2ccc(OC)c(NC(=O)c3sc(-c4cccnc4)nc3C)c2)cs1. The summed E-state index contributed by atoms with van der Waals surface area (Å²) in [4.78, 5) is 26.7. The highest BCUT2D eigenvalue weighted by atomic mass is 32.1. The van der Waals surface area contributed by atoms with Gasteiger partial charge in [-0.05, 0) is 37.3 Å². The number of nitrogens with zero attached hydrogens (tertiary/aromatic N) is 3. The van der Waals surface area contributed by atoms with Gasteiger partial charge in [-0.15, -0.1) is 22.7 Å². The monoisotopic (exact) mass is 437 g/mol. The first-order valence-electron chi connectivity index (χ1n) is 9.10. The molecule has 0 saturated heterocycles. The van der Waals surface area contributed by atoms with E-state index in [1.807, 2.05) is 49.7 Å². The van der Waals surface area contributed by atoms with Crippen molar-refractivity contribution < 1.29 is 9.53 Å². The summed E-state index contributed by atoms with van der Waals surface area (Å²) in [7, 11) is 3.41. The molecule has 7 nitrogen and oxygen atoms in total. The van der Waals surface area contributed by atoms with Crippen molar-refractivity contribution >= 4 is 39.4 Å². The molecule has 4 aromatic rings. The van der Waals surface area contributed by atoms with Crippen molar-refractivity contribution in [2.75, 3.05) is 24.8 Å². The standard InChI is InChI=1S/C21H19N5O2S2/c1-12-18(30-20(24-12)14-5-4-8-23-10-14)19(27)25-15-9-13(6-7-17(15)28-3)16-11-29-21(22-2)26-16/h4-11H,1-3H3,(H,22,26)(H,25,27). The van der Waals surface area contributed by atoms with E-state index in [1.54, 1.807) is 19.5 Å². The molecule has 152 valence electrons. The first-order chi connectivity index (χ1) is 14.6. The molecule has 0 bridgehead atoms. The molecule has 0 aliphatic heterocycles. The van der Waals surface area contributed by atoms with Gasteiger partial charge in [0.2, 0.25) is 0 Å². The molecule has 0 aliphatic rings. The number of amides is 1. The number of anilines is 2. The van der Waals surface area contributed by atoms with Crippen LogP contribution in [0, 0.1) is 6.92 Å². The Morgan fingerprint density at radius 2 is 2.03 bits per heavy atom. The summed E-state index contributed by atoms with van der Waals surface area (Å²) in [6.45, 7) is 1.83. The number of ether oxygens (including phenoxy) is 1. The number of methoxy groups -OCH3 is 1. The molecule has 0 aliphatic carbocycles. The molecule has 4 rings (SSSR count). The summed E-state index contributed by atoms with van der Waals surface area (Å²) in [5.41, 5.74) is 3.85.